The predicted molar refractivity (Wildman–Crippen MR) is 76.6 cm³/mol. The van der Waals surface area contributed by atoms with Crippen LogP contribution in [0.2, 0.25) is 0 Å². The fourth-order valence-electron chi connectivity index (χ4n) is 2.50. The van der Waals surface area contributed by atoms with Gasteiger partial charge in [-0.05, 0) is 45.6 Å². The van der Waals surface area contributed by atoms with Crippen molar-refractivity contribution in [3.8, 4) is 0 Å². The summed E-state index contributed by atoms with van der Waals surface area (Å²) in [6, 6.07) is 3.48. The molecule has 1 unspecified atom stereocenters. The van der Waals surface area contributed by atoms with Gasteiger partial charge in [-0.15, -0.1) is 0 Å². The number of aromatic amines is 1. The highest BCUT2D eigenvalue weighted by Crippen LogP contribution is 2.27. The van der Waals surface area contributed by atoms with Crippen LogP contribution in [0.25, 0.3) is 0 Å². The molecule has 0 saturated carbocycles. The number of nitrogens with one attached hydrogen (secondary N) is 2. The van der Waals surface area contributed by atoms with E-state index in [4.69, 9.17) is 4.74 Å². The molecule has 1 atom stereocenters. The number of esters is 1. The minimum Gasteiger partial charge on any atom is -0.459 e. The Morgan fingerprint density at radius 3 is 2.90 bits per heavy atom. The van der Waals surface area contributed by atoms with Crippen molar-refractivity contribution in [3.63, 3.8) is 0 Å². The molecule has 1 aliphatic rings. The van der Waals surface area contributed by atoms with E-state index in [0.717, 1.165) is 30.5 Å². The number of hydrogen-bond donors (Lipinski definition) is 2. The summed E-state index contributed by atoms with van der Waals surface area (Å²) in [6.07, 6.45) is 2.84. The minimum atomic E-state index is -0.464. The first kappa shape index (κ1) is 14.8. The number of carbonyl (C=O) groups is 1. The zero-order valence-corrected chi connectivity index (χ0v) is 12.3. The van der Waals surface area contributed by atoms with Crippen LogP contribution in [-0.4, -0.2) is 23.1 Å². The maximum absolute atomic E-state index is 11.7. The van der Waals surface area contributed by atoms with Gasteiger partial charge in [0.05, 0.1) is 6.54 Å². The summed E-state index contributed by atoms with van der Waals surface area (Å²) in [5, 5.41) is 3.22. The van der Waals surface area contributed by atoms with E-state index in [1.807, 2.05) is 26.8 Å². The highest BCUT2D eigenvalue weighted by atomic mass is 16.6. The molecule has 0 amide bonds. The van der Waals surface area contributed by atoms with Crippen molar-refractivity contribution in [1.82, 2.24) is 10.3 Å². The van der Waals surface area contributed by atoms with Gasteiger partial charge in [-0.2, -0.15) is 0 Å². The van der Waals surface area contributed by atoms with Crippen LogP contribution in [0.3, 0.4) is 0 Å². The third-order valence-corrected chi connectivity index (χ3v) is 3.24. The zero-order valence-electron chi connectivity index (χ0n) is 12.3. The second-order valence-corrected chi connectivity index (χ2v) is 6.17. The zero-order chi connectivity index (χ0) is 14.8. The quantitative estimate of drug-likeness (QED) is 0.825. The Bertz CT molecular complexity index is 543. The Morgan fingerprint density at radius 2 is 2.20 bits per heavy atom. The summed E-state index contributed by atoms with van der Waals surface area (Å²) < 4.78 is 5.28. The van der Waals surface area contributed by atoms with Gasteiger partial charge in [-0.25, -0.2) is 0 Å². The van der Waals surface area contributed by atoms with E-state index in [-0.39, 0.29) is 24.1 Å². The molecule has 0 fully saturated rings. The molecule has 0 aromatic carbocycles. The van der Waals surface area contributed by atoms with Crippen LogP contribution in [0.5, 0.6) is 0 Å². The van der Waals surface area contributed by atoms with Gasteiger partial charge in [0.15, 0.2) is 0 Å². The van der Waals surface area contributed by atoms with Gasteiger partial charge < -0.3 is 9.72 Å². The van der Waals surface area contributed by atoms with E-state index < -0.39 is 5.60 Å². The molecule has 0 bridgehead atoms. The Kier molecular flexibility index (Phi) is 4.28. The van der Waals surface area contributed by atoms with Crippen molar-refractivity contribution in [2.75, 3.05) is 6.54 Å². The van der Waals surface area contributed by atoms with E-state index in [2.05, 4.69) is 10.3 Å². The summed E-state index contributed by atoms with van der Waals surface area (Å²) in [6.45, 7) is 5.74. The van der Waals surface area contributed by atoms with Crippen molar-refractivity contribution < 1.29 is 9.53 Å². The molecule has 2 N–H and O–H groups in total. The van der Waals surface area contributed by atoms with Gasteiger partial charge in [0.2, 0.25) is 5.56 Å². The van der Waals surface area contributed by atoms with Gasteiger partial charge in [0, 0.05) is 17.8 Å². The molecule has 0 saturated heterocycles. The summed E-state index contributed by atoms with van der Waals surface area (Å²) in [4.78, 5) is 25.9. The number of fused-ring (bicyclic) bond motifs is 1. The molecular weight excluding hydrogens is 256 g/mol. The van der Waals surface area contributed by atoms with E-state index in [1.165, 1.54) is 6.07 Å². The number of aryl methyl sites for hydroxylation is 1. The summed E-state index contributed by atoms with van der Waals surface area (Å²) >= 11 is 0. The monoisotopic (exact) mass is 278 g/mol. The second kappa shape index (κ2) is 5.79. The van der Waals surface area contributed by atoms with Crippen LogP contribution in [0.15, 0.2) is 16.9 Å². The van der Waals surface area contributed by atoms with Gasteiger partial charge in [0.25, 0.3) is 0 Å². The highest BCUT2D eigenvalue weighted by Gasteiger charge is 2.22. The molecule has 5 heteroatoms. The van der Waals surface area contributed by atoms with Crippen molar-refractivity contribution >= 4 is 5.97 Å². The van der Waals surface area contributed by atoms with Crippen LogP contribution in [0.1, 0.15) is 50.9 Å². The van der Waals surface area contributed by atoms with Crippen LogP contribution >= 0.6 is 0 Å². The molecule has 1 aliphatic carbocycles. The third kappa shape index (κ3) is 3.93. The Labute approximate surface area is 118 Å². The molecule has 0 radical (unpaired) electrons. The summed E-state index contributed by atoms with van der Waals surface area (Å²) in [5.41, 5.74) is 1.52. The highest BCUT2D eigenvalue weighted by molar-refractivity contribution is 5.72. The Morgan fingerprint density at radius 1 is 1.45 bits per heavy atom. The SMILES string of the molecule is CC(C)(C)OC(=O)CNC1CCCc2[nH]c(=O)ccc21. The molecule has 1 aromatic heterocycles. The first-order valence-electron chi connectivity index (χ1n) is 7.02. The second-order valence-electron chi connectivity index (χ2n) is 6.17. The number of rotatable bonds is 3. The number of carbonyl (C=O) groups excluding carboxylic acids is 1. The topological polar surface area (TPSA) is 71.2 Å². The number of hydrogen-bond acceptors (Lipinski definition) is 4. The average molecular weight is 278 g/mol. The van der Waals surface area contributed by atoms with Crippen LogP contribution in [-0.2, 0) is 16.0 Å². The summed E-state index contributed by atoms with van der Waals surface area (Å²) in [5.74, 6) is -0.256. The van der Waals surface area contributed by atoms with Gasteiger partial charge in [-0.1, -0.05) is 6.07 Å². The predicted octanol–water partition coefficient (Wildman–Crippen LogP) is 1.68. The lowest BCUT2D eigenvalue weighted by Gasteiger charge is -2.26. The molecule has 1 aromatic rings. The molecular formula is C15H22N2O3. The van der Waals surface area contributed by atoms with Crippen LogP contribution in [0, 0.1) is 0 Å². The van der Waals surface area contributed by atoms with Gasteiger partial charge in [0.1, 0.15) is 5.60 Å². The first-order valence-corrected chi connectivity index (χ1v) is 7.02. The average Bonchev–Trinajstić information content (AvgIpc) is 2.33. The van der Waals surface area contributed by atoms with Crippen LogP contribution < -0.4 is 10.9 Å². The maximum atomic E-state index is 11.7. The third-order valence-electron chi connectivity index (χ3n) is 3.24. The fraction of sp³-hybridized carbons (Fsp3) is 0.600. The van der Waals surface area contributed by atoms with Crippen molar-refractivity contribution in [2.45, 2.75) is 51.7 Å². The lowest BCUT2D eigenvalue weighted by atomic mass is 9.91. The van der Waals surface area contributed by atoms with E-state index in [1.54, 1.807) is 0 Å². The first-order chi connectivity index (χ1) is 9.35. The largest absolute Gasteiger partial charge is 0.459 e. The van der Waals surface area contributed by atoms with E-state index in [0.29, 0.717) is 0 Å². The minimum absolute atomic E-state index is 0.0726. The number of aromatic nitrogens is 1. The Balaban J connectivity index is 1.99. The molecule has 110 valence electrons. The Hall–Kier alpha value is -1.62. The van der Waals surface area contributed by atoms with Crippen LogP contribution in [0.4, 0.5) is 0 Å². The molecule has 0 spiro atoms. The number of pyridine rings is 1. The van der Waals surface area contributed by atoms with Crippen molar-refractivity contribution in [1.29, 1.82) is 0 Å². The number of H-pyrrole nitrogens is 1. The lowest BCUT2D eigenvalue weighted by Crippen LogP contribution is -2.35. The van der Waals surface area contributed by atoms with Crippen molar-refractivity contribution in [3.05, 3.63) is 33.7 Å². The normalized spacial score (nSPS) is 18.4. The molecule has 1 heterocycles. The fourth-order valence-corrected chi connectivity index (χ4v) is 2.50. The van der Waals surface area contributed by atoms with Crippen molar-refractivity contribution in [2.24, 2.45) is 0 Å². The number of ether oxygens (including phenoxy) is 1. The van der Waals surface area contributed by atoms with E-state index in [9.17, 15) is 9.59 Å². The summed E-state index contributed by atoms with van der Waals surface area (Å²) in [7, 11) is 0. The molecule has 2 rings (SSSR count). The lowest BCUT2D eigenvalue weighted by molar-refractivity contribution is -0.153. The van der Waals surface area contributed by atoms with Gasteiger partial charge in [-0.3, -0.25) is 14.9 Å². The van der Waals surface area contributed by atoms with E-state index >= 15 is 0 Å². The standard InChI is InChI=1S/C15H22N2O3/c1-15(2,3)20-14(19)9-16-11-5-4-6-12-10(11)7-8-13(18)17-12/h7-8,11,16H,4-6,9H2,1-3H3,(H,17,18). The maximum Gasteiger partial charge on any atom is 0.320 e. The molecule has 0 aliphatic heterocycles. The molecule has 5 nitrogen and oxygen atoms in total. The molecule has 20 heavy (non-hydrogen) atoms. The van der Waals surface area contributed by atoms with Gasteiger partial charge >= 0.3 is 5.97 Å². The smallest absolute Gasteiger partial charge is 0.320 e.